The molecule has 0 aliphatic carbocycles. The van der Waals surface area contributed by atoms with Crippen molar-refractivity contribution in [1.29, 1.82) is 0 Å². The van der Waals surface area contributed by atoms with E-state index in [9.17, 15) is 4.79 Å². The summed E-state index contributed by atoms with van der Waals surface area (Å²) in [6.07, 6.45) is 0.481. The summed E-state index contributed by atoms with van der Waals surface area (Å²) in [5, 5.41) is 15.0. The number of nitrogens with one attached hydrogen (secondary N) is 2. The maximum Gasteiger partial charge on any atom is 0.221 e. The van der Waals surface area contributed by atoms with Crippen LogP contribution in [0.3, 0.4) is 0 Å². The summed E-state index contributed by atoms with van der Waals surface area (Å²) in [5.41, 5.74) is -0.239. The van der Waals surface area contributed by atoms with E-state index in [2.05, 4.69) is 10.6 Å². The van der Waals surface area contributed by atoms with Crippen LogP contribution >= 0.6 is 0 Å². The van der Waals surface area contributed by atoms with Gasteiger partial charge in [-0.3, -0.25) is 4.79 Å². The van der Waals surface area contributed by atoms with E-state index in [1.54, 1.807) is 0 Å². The summed E-state index contributed by atoms with van der Waals surface area (Å²) in [5.74, 6) is 0.0324. The van der Waals surface area contributed by atoms with Gasteiger partial charge in [-0.1, -0.05) is 20.8 Å². The minimum Gasteiger partial charge on any atom is -0.396 e. The average Bonchev–Trinajstić information content (AvgIpc) is 2.15. The molecule has 90 valence electrons. The number of aliphatic hydroxyl groups excluding tert-OH is 1. The lowest BCUT2D eigenvalue weighted by atomic mass is 9.95. The monoisotopic (exact) mass is 216 g/mol. The zero-order chi connectivity index (χ0) is 11.9. The van der Waals surface area contributed by atoms with Crippen LogP contribution in [-0.4, -0.2) is 36.8 Å². The maximum absolute atomic E-state index is 11.5. The van der Waals surface area contributed by atoms with Crippen LogP contribution in [-0.2, 0) is 4.79 Å². The summed E-state index contributed by atoms with van der Waals surface area (Å²) in [6.45, 7) is 9.30. The van der Waals surface area contributed by atoms with E-state index in [0.717, 1.165) is 6.54 Å². The minimum absolute atomic E-state index is 0.0324. The summed E-state index contributed by atoms with van der Waals surface area (Å²) in [6, 6.07) is 0.201. The van der Waals surface area contributed by atoms with Gasteiger partial charge in [0.1, 0.15) is 0 Å². The van der Waals surface area contributed by atoms with Crippen molar-refractivity contribution in [2.75, 3.05) is 19.7 Å². The highest BCUT2D eigenvalue weighted by Gasteiger charge is 2.17. The van der Waals surface area contributed by atoms with E-state index < -0.39 is 0 Å². The third kappa shape index (κ3) is 7.33. The lowest BCUT2D eigenvalue weighted by Gasteiger charge is -2.22. The van der Waals surface area contributed by atoms with Crippen molar-refractivity contribution in [2.45, 2.75) is 40.2 Å². The maximum atomic E-state index is 11.5. The van der Waals surface area contributed by atoms with E-state index in [1.807, 2.05) is 27.7 Å². The van der Waals surface area contributed by atoms with Crippen molar-refractivity contribution in [1.82, 2.24) is 10.6 Å². The Hall–Kier alpha value is -0.610. The zero-order valence-corrected chi connectivity index (χ0v) is 10.3. The highest BCUT2D eigenvalue weighted by Crippen LogP contribution is 2.11. The van der Waals surface area contributed by atoms with Gasteiger partial charge < -0.3 is 15.7 Å². The van der Waals surface area contributed by atoms with Gasteiger partial charge in [0.2, 0.25) is 5.91 Å². The molecule has 0 radical (unpaired) electrons. The second kappa shape index (κ2) is 6.80. The lowest BCUT2D eigenvalue weighted by Crippen LogP contribution is -2.39. The molecule has 4 nitrogen and oxygen atoms in total. The fraction of sp³-hybridized carbons (Fsp3) is 0.909. The summed E-state index contributed by atoms with van der Waals surface area (Å²) >= 11 is 0. The summed E-state index contributed by atoms with van der Waals surface area (Å²) < 4.78 is 0. The molecule has 0 fully saturated rings. The molecule has 0 aliphatic rings. The van der Waals surface area contributed by atoms with Gasteiger partial charge in [0.05, 0.1) is 0 Å². The molecule has 15 heavy (non-hydrogen) atoms. The number of hydrogen-bond acceptors (Lipinski definition) is 3. The van der Waals surface area contributed by atoms with Crippen LogP contribution in [0.1, 0.15) is 34.1 Å². The highest BCUT2D eigenvalue weighted by molar-refractivity contribution is 5.76. The van der Waals surface area contributed by atoms with Crippen molar-refractivity contribution >= 4 is 5.91 Å². The topological polar surface area (TPSA) is 61.4 Å². The molecular weight excluding hydrogens is 192 g/mol. The minimum atomic E-state index is -0.239. The number of carbonyl (C=O) groups excluding carboxylic acids is 1. The number of rotatable bonds is 7. The Balaban J connectivity index is 3.75. The molecule has 4 heteroatoms. The molecule has 0 bridgehead atoms. The molecule has 0 saturated carbocycles. The third-order valence-corrected chi connectivity index (χ3v) is 2.24. The Morgan fingerprint density at radius 1 is 1.47 bits per heavy atom. The van der Waals surface area contributed by atoms with Crippen molar-refractivity contribution in [3.05, 3.63) is 0 Å². The number of amides is 1. The largest absolute Gasteiger partial charge is 0.396 e. The van der Waals surface area contributed by atoms with Crippen molar-refractivity contribution in [3.8, 4) is 0 Å². The van der Waals surface area contributed by atoms with Gasteiger partial charge in [-0.05, 0) is 13.5 Å². The molecule has 1 unspecified atom stereocenters. The Bertz CT molecular complexity index is 193. The fourth-order valence-corrected chi connectivity index (χ4v) is 1.16. The van der Waals surface area contributed by atoms with Crippen LogP contribution in [0.2, 0.25) is 0 Å². The summed E-state index contributed by atoms with van der Waals surface area (Å²) in [7, 11) is 0. The average molecular weight is 216 g/mol. The normalized spacial score (nSPS) is 13.7. The number of aliphatic hydroxyl groups is 1. The van der Waals surface area contributed by atoms with Crippen LogP contribution in [0.25, 0.3) is 0 Å². The molecule has 0 aromatic rings. The van der Waals surface area contributed by atoms with Crippen molar-refractivity contribution < 1.29 is 9.90 Å². The van der Waals surface area contributed by atoms with Gasteiger partial charge in [-0.2, -0.15) is 0 Å². The molecule has 0 aromatic heterocycles. The standard InChI is InChI=1S/C11H24N2O2/c1-5-12-9(2)6-10(15)13-7-11(3,4)8-14/h9,12,14H,5-8H2,1-4H3,(H,13,15). The first-order chi connectivity index (χ1) is 6.91. The quantitative estimate of drug-likeness (QED) is 0.581. The highest BCUT2D eigenvalue weighted by atomic mass is 16.3. The Labute approximate surface area is 92.4 Å². The second-order valence-corrected chi connectivity index (χ2v) is 4.76. The molecule has 0 spiro atoms. The Morgan fingerprint density at radius 3 is 2.53 bits per heavy atom. The van der Waals surface area contributed by atoms with Gasteiger partial charge in [-0.15, -0.1) is 0 Å². The molecule has 0 aromatic carbocycles. The van der Waals surface area contributed by atoms with E-state index in [-0.39, 0.29) is 24.0 Å². The van der Waals surface area contributed by atoms with Crippen molar-refractivity contribution in [2.24, 2.45) is 5.41 Å². The van der Waals surface area contributed by atoms with Crippen LogP contribution in [0.15, 0.2) is 0 Å². The Morgan fingerprint density at radius 2 is 2.07 bits per heavy atom. The van der Waals surface area contributed by atoms with E-state index in [4.69, 9.17) is 5.11 Å². The zero-order valence-electron chi connectivity index (χ0n) is 10.3. The third-order valence-electron chi connectivity index (χ3n) is 2.24. The molecule has 1 atom stereocenters. The predicted molar refractivity (Wildman–Crippen MR) is 61.6 cm³/mol. The molecule has 0 saturated heterocycles. The van der Waals surface area contributed by atoms with Crippen molar-refractivity contribution in [3.63, 3.8) is 0 Å². The van der Waals surface area contributed by atoms with Gasteiger partial charge in [0.25, 0.3) is 0 Å². The van der Waals surface area contributed by atoms with E-state index >= 15 is 0 Å². The van der Waals surface area contributed by atoms with Crippen LogP contribution < -0.4 is 10.6 Å². The van der Waals surface area contributed by atoms with Crippen LogP contribution in [0, 0.1) is 5.41 Å². The van der Waals surface area contributed by atoms with E-state index in [0.29, 0.717) is 13.0 Å². The molecule has 3 N–H and O–H groups in total. The van der Waals surface area contributed by atoms with Crippen LogP contribution in [0.5, 0.6) is 0 Å². The first-order valence-electron chi connectivity index (χ1n) is 5.52. The van der Waals surface area contributed by atoms with Crippen LogP contribution in [0.4, 0.5) is 0 Å². The lowest BCUT2D eigenvalue weighted by molar-refractivity contribution is -0.122. The SMILES string of the molecule is CCNC(C)CC(=O)NCC(C)(C)CO. The van der Waals surface area contributed by atoms with E-state index in [1.165, 1.54) is 0 Å². The van der Waals surface area contributed by atoms with Gasteiger partial charge >= 0.3 is 0 Å². The number of hydrogen-bond donors (Lipinski definition) is 3. The first kappa shape index (κ1) is 14.4. The summed E-state index contributed by atoms with van der Waals surface area (Å²) in [4.78, 5) is 11.5. The fourth-order valence-electron chi connectivity index (χ4n) is 1.16. The van der Waals surface area contributed by atoms with Gasteiger partial charge in [0, 0.05) is 31.0 Å². The molecule has 0 aliphatic heterocycles. The van der Waals surface area contributed by atoms with Gasteiger partial charge in [0.15, 0.2) is 0 Å². The number of carbonyl (C=O) groups is 1. The Kier molecular flexibility index (Phi) is 6.52. The predicted octanol–water partition coefficient (Wildman–Crippen LogP) is 0.509. The smallest absolute Gasteiger partial charge is 0.221 e. The molecule has 1 amide bonds. The second-order valence-electron chi connectivity index (χ2n) is 4.76. The molecular formula is C11H24N2O2. The molecule has 0 heterocycles. The van der Waals surface area contributed by atoms with Gasteiger partial charge in [-0.25, -0.2) is 0 Å². The molecule has 0 rings (SSSR count). The first-order valence-corrected chi connectivity index (χ1v) is 5.52.